The Morgan fingerprint density at radius 1 is 0.314 bits per heavy atom. The second-order valence-corrected chi connectivity index (χ2v) is 20.7. The highest BCUT2D eigenvalue weighted by Crippen LogP contribution is 2.44. The second kappa shape index (κ2) is 17.2. The lowest BCUT2D eigenvalue weighted by Gasteiger charge is -2.29. The monoisotopic (exact) mass is 891 g/mol. The van der Waals surface area contributed by atoms with Gasteiger partial charge >= 0.3 is 0 Å². The van der Waals surface area contributed by atoms with Gasteiger partial charge in [-0.2, -0.15) is 0 Å². The third-order valence-electron chi connectivity index (χ3n) is 17.7. The lowest BCUT2D eigenvalue weighted by molar-refractivity contribution is 0.410. The number of nitrogens with zero attached hydrogens (tertiary/aromatic N) is 2. The minimum absolute atomic E-state index is 0.0137. The zero-order valence-corrected chi connectivity index (χ0v) is 44.7. The van der Waals surface area contributed by atoms with Crippen molar-refractivity contribution in [2.24, 2.45) is 0 Å². The Morgan fingerprint density at radius 3 is 1.11 bits per heavy atom. The molecule has 6 nitrogen and oxygen atoms in total. The van der Waals surface area contributed by atoms with E-state index in [2.05, 4.69) is 131 Å². The summed E-state index contributed by atoms with van der Waals surface area (Å²) in [7, 11) is 40.6. The average Bonchev–Trinajstić information content (AvgIpc) is 3.72. The third-order valence-corrected chi connectivity index (χ3v) is 17.7. The number of benzene rings is 8. The van der Waals surface area contributed by atoms with E-state index in [0.29, 0.717) is 33.2 Å². The number of imidazole rings is 1. The van der Waals surface area contributed by atoms with Crippen molar-refractivity contribution >= 4 is 285 Å². The average molecular weight is 887 g/mol. The van der Waals surface area contributed by atoms with Gasteiger partial charge in [-0.15, -0.1) is 38.2 Å². The summed E-state index contributed by atoms with van der Waals surface area (Å²) in [5.41, 5.74) is 29.3. The van der Waals surface area contributed by atoms with Crippen molar-refractivity contribution in [3.63, 3.8) is 0 Å². The van der Waals surface area contributed by atoms with Crippen LogP contribution in [0.3, 0.4) is 0 Å². The number of aromatic hydroxyl groups is 4. The van der Waals surface area contributed by atoms with Gasteiger partial charge in [0.25, 0.3) is 0 Å². The molecule has 9 aromatic rings. The topological polar surface area (TPSA) is 98.7 Å². The van der Waals surface area contributed by atoms with Gasteiger partial charge < -0.3 is 20.4 Å². The summed E-state index contributed by atoms with van der Waals surface area (Å²) in [6.45, 7) is 0. The van der Waals surface area contributed by atoms with Gasteiger partial charge in [0, 0.05) is 0 Å². The largest absolute Gasteiger partial charge is 0.508 e. The molecule has 70 heavy (non-hydrogen) atoms. The Labute approximate surface area is 428 Å². The Morgan fingerprint density at radius 2 is 0.643 bits per heavy atom. The van der Waals surface area contributed by atoms with Crippen molar-refractivity contribution in [1.29, 1.82) is 0 Å². The summed E-state index contributed by atoms with van der Waals surface area (Å²) in [4.78, 5) is 5.34. The zero-order valence-electron chi connectivity index (χ0n) is 44.7. The lowest BCUT2D eigenvalue weighted by atomic mass is 9.59. The molecule has 0 unspecified atom stereocenters. The number of hydrogen-bond acceptors (Lipinski definition) is 5. The lowest BCUT2D eigenvalue weighted by Crippen LogP contribution is -2.55. The van der Waals surface area contributed by atoms with Gasteiger partial charge in [-0.25, -0.2) is 4.98 Å². The minimum Gasteiger partial charge on any atom is -0.508 e. The van der Waals surface area contributed by atoms with Crippen LogP contribution in [-0.4, -0.2) is 179 Å². The van der Waals surface area contributed by atoms with E-state index >= 15 is 0 Å². The number of aromatic nitrogens is 2. The number of para-hydroxylation sites is 2. The molecule has 25 heteroatoms. The first-order chi connectivity index (χ1) is 32.9. The van der Waals surface area contributed by atoms with Crippen molar-refractivity contribution in [2.75, 3.05) is 0 Å². The number of fused-ring (bicyclic) bond motifs is 3. The highest BCUT2D eigenvalue weighted by Gasteiger charge is 2.31. The minimum atomic E-state index is -0.103. The van der Waals surface area contributed by atoms with E-state index in [-0.39, 0.29) is 23.0 Å². The summed E-state index contributed by atoms with van der Waals surface area (Å²) in [5.74, 6) is 0.308. The predicted molar refractivity (Wildman–Crippen MR) is 360 cm³/mol. The van der Waals surface area contributed by atoms with Gasteiger partial charge in [-0.1, -0.05) is 66.8 Å². The van der Waals surface area contributed by atoms with Crippen molar-refractivity contribution in [3.05, 3.63) is 42.5 Å². The molecule has 0 aliphatic heterocycles. The quantitative estimate of drug-likeness (QED) is 0.0784. The third kappa shape index (κ3) is 6.79. The summed E-state index contributed by atoms with van der Waals surface area (Å²) in [5, 5.41) is 51.5. The van der Waals surface area contributed by atoms with E-state index < -0.39 is 0 Å². The van der Waals surface area contributed by atoms with E-state index in [1.807, 2.05) is 65.3 Å². The van der Waals surface area contributed by atoms with Crippen LogP contribution in [0.2, 0.25) is 0 Å². The van der Waals surface area contributed by atoms with Gasteiger partial charge in [-0.05, 0) is 96.2 Å². The first-order valence-corrected chi connectivity index (χ1v) is 24.6. The second-order valence-electron chi connectivity index (χ2n) is 20.7. The van der Waals surface area contributed by atoms with Gasteiger partial charge in [0.2, 0.25) is 0 Å². The summed E-state index contributed by atoms with van der Waals surface area (Å²) >= 11 is 0. The Kier molecular flexibility index (Phi) is 12.1. The van der Waals surface area contributed by atoms with Crippen LogP contribution in [0.5, 0.6) is 23.0 Å². The Balaban J connectivity index is 1.61. The molecule has 320 valence electrons. The summed E-state index contributed by atoms with van der Waals surface area (Å²) < 4.78 is 2.22. The predicted octanol–water partition coefficient (Wildman–Crippen LogP) is -22.3. The van der Waals surface area contributed by atoms with Crippen LogP contribution in [0.1, 0.15) is 0 Å². The highest BCUT2D eigenvalue weighted by molar-refractivity contribution is 6.72. The molecule has 0 aliphatic carbocycles. The van der Waals surface area contributed by atoms with E-state index in [0.717, 1.165) is 98.9 Å². The molecular formula is C45H49B19N2O4. The number of hydrogen-bond donors (Lipinski definition) is 4. The molecule has 9 rings (SSSR count). The molecule has 1 heterocycles. The van der Waals surface area contributed by atoms with Gasteiger partial charge in [0.1, 0.15) is 172 Å². The van der Waals surface area contributed by atoms with E-state index in [9.17, 15) is 20.4 Å². The Bertz CT molecular complexity index is 3640. The van der Waals surface area contributed by atoms with Crippen molar-refractivity contribution in [2.45, 2.75) is 0 Å². The summed E-state index contributed by atoms with van der Waals surface area (Å²) in [6.07, 6.45) is 0. The first kappa shape index (κ1) is 49.2. The van der Waals surface area contributed by atoms with E-state index in [1.54, 1.807) is 0 Å². The molecule has 0 aliphatic rings. The maximum absolute atomic E-state index is 12.2. The van der Waals surface area contributed by atoms with Crippen LogP contribution in [0.15, 0.2) is 42.5 Å². The number of phenolic OH excluding ortho intramolecular Hbond substituents is 4. The number of rotatable bonds is 5. The van der Waals surface area contributed by atoms with Crippen LogP contribution < -0.4 is 104 Å². The SMILES string of the molecule is Bc1c(B)c(B)c(-c2cc(-c3c(B)c(B)c(O)c(O)c3B)cc(-c3c4c(B)c(B)c(B)c(B)c4c(-n4c(-c5c(O)c(B)c(B)c(B)c5O)nc5ccccc54)c4c(B)c(B)c(B)c(B)c34)c2)c(B)c1B. The zero-order chi connectivity index (χ0) is 51.2. The van der Waals surface area contributed by atoms with Gasteiger partial charge in [0.05, 0.1) is 16.7 Å². The fraction of sp³-hybridized carbons (Fsp3) is 0. The Hall–Kier alpha value is -5.82. The van der Waals surface area contributed by atoms with Crippen molar-refractivity contribution < 1.29 is 20.4 Å². The molecule has 8 aromatic carbocycles. The fourth-order valence-corrected chi connectivity index (χ4v) is 11.9. The molecule has 0 fully saturated rings. The van der Waals surface area contributed by atoms with Gasteiger partial charge in [-0.3, -0.25) is 4.57 Å². The molecule has 4 N–H and O–H groups in total. The van der Waals surface area contributed by atoms with Crippen LogP contribution in [0.4, 0.5) is 0 Å². The standard InChI is InChI=1S/C45H49B19N2O4/c46-21-14(22(47)30(55)35(60)29(21)54)9-5-8(6-10(7-9)15-23(48)37(62)44(70)43(69)28(15)53)13-16-18(26(51)33(58)31(56)24(16)49)40(19-17(13)25(50)32(57)34(59)27(19)52)66-12-4-2-1-3-11(12)65-45(66)20-41(67)38(63)36(61)39(64)42(20)68/h1-7,67-70H,46-64H2. The molecule has 0 amide bonds. The first-order valence-electron chi connectivity index (χ1n) is 24.6. The molecule has 0 bridgehead atoms. The van der Waals surface area contributed by atoms with Crippen LogP contribution in [0, 0.1) is 0 Å². The molecule has 0 saturated heterocycles. The molecule has 0 radical (unpaired) electrons. The fourth-order valence-electron chi connectivity index (χ4n) is 11.9. The van der Waals surface area contributed by atoms with Crippen LogP contribution in [0.25, 0.3) is 83.0 Å². The molecular weight excluding hydrogens is 838 g/mol. The van der Waals surface area contributed by atoms with Crippen molar-refractivity contribution in [3.8, 4) is 73.5 Å². The maximum atomic E-state index is 12.2. The molecule has 1 aromatic heterocycles. The van der Waals surface area contributed by atoms with Crippen molar-refractivity contribution in [1.82, 2.24) is 9.55 Å². The van der Waals surface area contributed by atoms with Gasteiger partial charge in [0.15, 0.2) is 11.6 Å². The highest BCUT2D eigenvalue weighted by atomic mass is 16.3. The van der Waals surface area contributed by atoms with Crippen LogP contribution in [-0.2, 0) is 0 Å². The molecule has 0 saturated carbocycles. The number of phenols is 4. The normalized spacial score (nSPS) is 11.6. The molecule has 0 spiro atoms. The van der Waals surface area contributed by atoms with Crippen LogP contribution >= 0.6 is 0 Å². The van der Waals surface area contributed by atoms with E-state index in [4.69, 9.17) is 4.98 Å². The van der Waals surface area contributed by atoms with E-state index in [1.165, 1.54) is 54.7 Å². The smallest absolute Gasteiger partial charge is 0.153 e. The molecule has 0 atom stereocenters. The summed E-state index contributed by atoms with van der Waals surface area (Å²) in [6, 6.07) is 15.1. The maximum Gasteiger partial charge on any atom is 0.153 e.